The summed E-state index contributed by atoms with van der Waals surface area (Å²) in [6.45, 7) is 5.53. The first-order valence-corrected chi connectivity index (χ1v) is 9.12. The van der Waals surface area contributed by atoms with Gasteiger partial charge in [-0.25, -0.2) is 9.38 Å². The highest BCUT2D eigenvalue weighted by Gasteiger charge is 2.08. The van der Waals surface area contributed by atoms with Crippen LogP contribution >= 0.6 is 35.3 Å². The summed E-state index contributed by atoms with van der Waals surface area (Å²) in [5, 5.41) is 13.3. The van der Waals surface area contributed by atoms with E-state index in [2.05, 4.69) is 44.7 Å². The SMILES string of the molecule is CCNC(=NCC(=O)Nc1ccc(F)cc1)NCC(C)c1ccsc1.I. The molecule has 0 saturated heterocycles. The lowest BCUT2D eigenvalue weighted by atomic mass is 10.1. The maximum absolute atomic E-state index is 12.9. The number of carbonyl (C=O) groups excluding carboxylic acids is 1. The van der Waals surface area contributed by atoms with Gasteiger partial charge in [0, 0.05) is 18.8 Å². The number of nitrogens with one attached hydrogen (secondary N) is 3. The molecule has 26 heavy (non-hydrogen) atoms. The predicted octanol–water partition coefficient (Wildman–Crippen LogP) is 3.80. The summed E-state index contributed by atoms with van der Waals surface area (Å²) in [6, 6.07) is 7.75. The summed E-state index contributed by atoms with van der Waals surface area (Å²) in [6.07, 6.45) is 0. The lowest BCUT2D eigenvalue weighted by Crippen LogP contribution is -2.39. The van der Waals surface area contributed by atoms with E-state index in [-0.39, 0.29) is 42.2 Å². The zero-order valence-corrected chi connectivity index (χ0v) is 17.9. The van der Waals surface area contributed by atoms with Gasteiger partial charge in [-0.05, 0) is 59.5 Å². The van der Waals surface area contributed by atoms with Crippen molar-refractivity contribution in [2.45, 2.75) is 19.8 Å². The summed E-state index contributed by atoms with van der Waals surface area (Å²) >= 11 is 1.68. The number of nitrogens with zero attached hydrogens (tertiary/aromatic N) is 1. The second-order valence-electron chi connectivity index (χ2n) is 5.59. The van der Waals surface area contributed by atoms with Crippen molar-refractivity contribution in [1.29, 1.82) is 0 Å². The van der Waals surface area contributed by atoms with E-state index in [4.69, 9.17) is 0 Å². The summed E-state index contributed by atoms with van der Waals surface area (Å²) in [5.41, 5.74) is 1.83. The third-order valence-electron chi connectivity index (χ3n) is 3.54. The highest BCUT2D eigenvalue weighted by molar-refractivity contribution is 14.0. The second kappa shape index (κ2) is 11.8. The number of guanidine groups is 1. The molecular weight excluding hydrogens is 466 g/mol. The standard InChI is InChI=1S/C18H23FN4OS.HI/c1-3-20-18(21-10-13(2)14-8-9-25-12-14)22-11-17(24)23-16-6-4-15(19)5-7-16;/h4-9,12-13H,3,10-11H2,1-2H3,(H,23,24)(H2,20,21,22);1H. The third-order valence-corrected chi connectivity index (χ3v) is 4.24. The van der Waals surface area contributed by atoms with Crippen LogP contribution in [0, 0.1) is 5.82 Å². The van der Waals surface area contributed by atoms with Crippen LogP contribution in [0.4, 0.5) is 10.1 Å². The molecule has 0 bridgehead atoms. The zero-order chi connectivity index (χ0) is 18.1. The first-order valence-electron chi connectivity index (χ1n) is 8.18. The Morgan fingerprint density at radius 1 is 1.23 bits per heavy atom. The lowest BCUT2D eigenvalue weighted by molar-refractivity contribution is -0.114. The van der Waals surface area contributed by atoms with Crippen LogP contribution in [0.2, 0.25) is 0 Å². The normalized spacial score (nSPS) is 12.0. The minimum atomic E-state index is -0.339. The van der Waals surface area contributed by atoms with Crippen molar-refractivity contribution in [3.8, 4) is 0 Å². The Hall–Kier alpha value is -1.68. The largest absolute Gasteiger partial charge is 0.357 e. The number of thiophene rings is 1. The predicted molar refractivity (Wildman–Crippen MR) is 117 cm³/mol. The van der Waals surface area contributed by atoms with Crippen LogP contribution < -0.4 is 16.0 Å². The van der Waals surface area contributed by atoms with E-state index in [1.54, 1.807) is 11.3 Å². The van der Waals surface area contributed by atoms with Crippen molar-refractivity contribution < 1.29 is 9.18 Å². The minimum absolute atomic E-state index is 0. The van der Waals surface area contributed by atoms with Gasteiger partial charge in [-0.2, -0.15) is 11.3 Å². The summed E-state index contributed by atoms with van der Waals surface area (Å²) in [4.78, 5) is 16.3. The maximum atomic E-state index is 12.9. The van der Waals surface area contributed by atoms with Crippen molar-refractivity contribution in [2.24, 2.45) is 4.99 Å². The van der Waals surface area contributed by atoms with Gasteiger partial charge in [0.1, 0.15) is 12.4 Å². The van der Waals surface area contributed by atoms with Gasteiger partial charge in [-0.1, -0.05) is 6.92 Å². The van der Waals surface area contributed by atoms with Crippen molar-refractivity contribution in [1.82, 2.24) is 10.6 Å². The molecule has 0 aliphatic heterocycles. The molecule has 1 aromatic carbocycles. The van der Waals surface area contributed by atoms with Crippen LogP contribution in [0.25, 0.3) is 0 Å². The Bertz CT molecular complexity index is 692. The molecule has 1 amide bonds. The van der Waals surface area contributed by atoms with Crippen LogP contribution in [0.15, 0.2) is 46.1 Å². The van der Waals surface area contributed by atoms with Gasteiger partial charge < -0.3 is 16.0 Å². The van der Waals surface area contributed by atoms with Crippen LogP contribution in [-0.4, -0.2) is 31.5 Å². The van der Waals surface area contributed by atoms with Gasteiger partial charge in [0.2, 0.25) is 5.91 Å². The molecule has 0 saturated carbocycles. The topological polar surface area (TPSA) is 65.5 Å². The van der Waals surface area contributed by atoms with Crippen molar-refractivity contribution >= 4 is 52.9 Å². The highest BCUT2D eigenvalue weighted by atomic mass is 127. The summed E-state index contributed by atoms with van der Waals surface area (Å²) < 4.78 is 12.9. The molecule has 1 aromatic heterocycles. The molecule has 1 atom stereocenters. The van der Waals surface area contributed by atoms with Gasteiger partial charge in [0.05, 0.1) is 0 Å². The van der Waals surface area contributed by atoms with Crippen molar-refractivity contribution in [3.05, 3.63) is 52.5 Å². The molecule has 2 aromatic rings. The fraction of sp³-hybridized carbons (Fsp3) is 0.333. The van der Waals surface area contributed by atoms with Gasteiger partial charge in [-0.3, -0.25) is 4.79 Å². The number of amides is 1. The Labute approximate surface area is 174 Å². The summed E-state index contributed by atoms with van der Waals surface area (Å²) in [5.74, 6) is 0.353. The maximum Gasteiger partial charge on any atom is 0.246 e. The molecule has 0 spiro atoms. The average Bonchev–Trinajstić information content (AvgIpc) is 3.14. The number of carbonyl (C=O) groups is 1. The first-order chi connectivity index (χ1) is 12.1. The molecule has 0 radical (unpaired) electrons. The highest BCUT2D eigenvalue weighted by Crippen LogP contribution is 2.16. The fourth-order valence-electron chi connectivity index (χ4n) is 2.15. The first kappa shape index (κ1) is 22.4. The quantitative estimate of drug-likeness (QED) is 0.314. The number of halogens is 2. The Kier molecular flexibility index (Phi) is 10.2. The van der Waals surface area contributed by atoms with Gasteiger partial charge >= 0.3 is 0 Å². The molecule has 0 aliphatic rings. The number of hydrogen-bond acceptors (Lipinski definition) is 3. The van der Waals surface area contributed by atoms with Crippen LogP contribution in [0.3, 0.4) is 0 Å². The van der Waals surface area contributed by atoms with Gasteiger partial charge in [0.15, 0.2) is 5.96 Å². The van der Waals surface area contributed by atoms with E-state index >= 15 is 0 Å². The second-order valence-corrected chi connectivity index (χ2v) is 6.37. The van der Waals surface area contributed by atoms with E-state index < -0.39 is 0 Å². The van der Waals surface area contributed by atoms with E-state index in [0.717, 1.165) is 6.54 Å². The molecule has 1 unspecified atom stereocenters. The molecule has 1 heterocycles. The summed E-state index contributed by atoms with van der Waals surface area (Å²) in [7, 11) is 0. The molecule has 5 nitrogen and oxygen atoms in total. The molecule has 8 heteroatoms. The number of anilines is 1. The van der Waals surface area contributed by atoms with E-state index in [1.807, 2.05) is 6.92 Å². The zero-order valence-electron chi connectivity index (χ0n) is 14.8. The fourth-order valence-corrected chi connectivity index (χ4v) is 2.93. The van der Waals surface area contributed by atoms with Crippen LogP contribution in [0.1, 0.15) is 25.3 Å². The smallest absolute Gasteiger partial charge is 0.246 e. The Balaban J connectivity index is 0.00000338. The van der Waals surface area contributed by atoms with Gasteiger partial charge in [-0.15, -0.1) is 24.0 Å². The monoisotopic (exact) mass is 490 g/mol. The van der Waals surface area contributed by atoms with E-state index in [0.29, 0.717) is 24.1 Å². The molecule has 2 rings (SSSR count). The van der Waals surface area contributed by atoms with Gasteiger partial charge in [0.25, 0.3) is 0 Å². The molecule has 0 aliphatic carbocycles. The number of hydrogen-bond donors (Lipinski definition) is 3. The average molecular weight is 490 g/mol. The van der Waals surface area contributed by atoms with Crippen LogP contribution in [-0.2, 0) is 4.79 Å². The number of rotatable bonds is 7. The Morgan fingerprint density at radius 3 is 2.58 bits per heavy atom. The molecule has 142 valence electrons. The van der Waals surface area contributed by atoms with Crippen molar-refractivity contribution in [3.63, 3.8) is 0 Å². The third kappa shape index (κ3) is 7.69. The minimum Gasteiger partial charge on any atom is -0.357 e. The van der Waals surface area contributed by atoms with E-state index in [1.165, 1.54) is 29.8 Å². The number of aliphatic imine (C=N–C) groups is 1. The van der Waals surface area contributed by atoms with E-state index in [9.17, 15) is 9.18 Å². The van der Waals surface area contributed by atoms with Crippen LogP contribution in [0.5, 0.6) is 0 Å². The number of benzene rings is 1. The molecule has 3 N–H and O–H groups in total. The molecule has 0 fully saturated rings. The lowest BCUT2D eigenvalue weighted by Gasteiger charge is -2.15. The Morgan fingerprint density at radius 2 is 1.96 bits per heavy atom. The molecular formula is C18H24FIN4OS. The van der Waals surface area contributed by atoms with Crippen molar-refractivity contribution in [2.75, 3.05) is 25.0 Å².